The van der Waals surface area contributed by atoms with Gasteiger partial charge in [-0.25, -0.2) is 0 Å². The molecule has 0 spiro atoms. The molecule has 0 aromatic rings. The van der Waals surface area contributed by atoms with E-state index in [0.29, 0.717) is 0 Å². The molecule has 0 aliphatic heterocycles. The van der Waals surface area contributed by atoms with Crippen LogP contribution < -0.4 is 0 Å². The van der Waals surface area contributed by atoms with Crippen molar-refractivity contribution in [3.05, 3.63) is 13.2 Å². The Morgan fingerprint density at radius 3 is 1.17 bits per heavy atom. The quantitative estimate of drug-likeness (QED) is 0.473. The van der Waals surface area contributed by atoms with Crippen molar-refractivity contribution in [1.82, 2.24) is 0 Å². The van der Waals surface area contributed by atoms with Crippen LogP contribution >= 0.6 is 0 Å². The Kier molecular flexibility index (Phi) is 17.1. The van der Waals surface area contributed by atoms with Gasteiger partial charge in [-0.1, -0.05) is 0 Å². The fourth-order valence-electron chi connectivity index (χ4n) is 1.66. The Hall–Kier alpha value is 0.283. The van der Waals surface area contributed by atoms with Crippen LogP contribution in [0, 0.1) is 0 Å². The molecule has 0 saturated carbocycles. The first-order valence-electron chi connectivity index (χ1n) is 5.35. The van der Waals surface area contributed by atoms with Crippen LogP contribution in [0.3, 0.4) is 0 Å². The van der Waals surface area contributed by atoms with Gasteiger partial charge in [-0.3, -0.25) is 0 Å². The van der Waals surface area contributed by atoms with Gasteiger partial charge in [0.15, 0.2) is 0 Å². The maximum absolute atomic E-state index is 3.00. The molecule has 0 aliphatic rings. The maximum atomic E-state index is 3.00. The molecule has 0 aliphatic carbocycles. The fourth-order valence-corrected chi connectivity index (χ4v) is 8.61. The van der Waals surface area contributed by atoms with Gasteiger partial charge >= 0.3 is 70.1 Å². The second kappa shape index (κ2) is 13.8. The van der Waals surface area contributed by atoms with Gasteiger partial charge in [0, 0.05) is 0 Å². The summed E-state index contributed by atoms with van der Waals surface area (Å²) in [6.07, 6.45) is 4.35. The minimum atomic E-state index is -0.675. The van der Waals surface area contributed by atoms with Crippen LogP contribution in [-0.4, -0.2) is 14.3 Å². The second-order valence-corrected chi connectivity index (χ2v) is 10.5. The number of hydrogen-bond acceptors (Lipinski definition) is 0. The van der Waals surface area contributed by atoms with E-state index in [1.165, 1.54) is 19.3 Å². The average molecular weight is 231 g/mol. The van der Waals surface area contributed by atoms with Crippen molar-refractivity contribution in [3.63, 3.8) is 0 Å². The van der Waals surface area contributed by atoms with Crippen molar-refractivity contribution >= 4 is 14.3 Å². The zero-order valence-corrected chi connectivity index (χ0v) is 11.7. The molecule has 0 aromatic carbocycles. The van der Waals surface area contributed by atoms with Gasteiger partial charge in [0.25, 0.3) is 0 Å². The summed E-state index contributed by atoms with van der Waals surface area (Å²) in [7, 11) is 0. The zero-order chi connectivity index (χ0) is 9.82. The molecule has 0 heterocycles. The summed E-state index contributed by atoms with van der Waals surface area (Å²) in [6, 6.07) is 0. The van der Waals surface area contributed by atoms with Gasteiger partial charge in [-0.15, -0.1) is 13.2 Å². The fraction of sp³-hybridized carbons (Fsp3) is 0.818. The molecule has 0 bridgehead atoms. The Morgan fingerprint density at radius 2 is 1.00 bits per heavy atom. The van der Waals surface area contributed by atoms with E-state index < -0.39 is 14.3 Å². The molecule has 0 fully saturated rings. The zero-order valence-electron chi connectivity index (χ0n) is 9.23. The summed E-state index contributed by atoms with van der Waals surface area (Å²) in [6.45, 7) is 13.0. The summed E-state index contributed by atoms with van der Waals surface area (Å²) in [4.78, 5) is 0. The van der Waals surface area contributed by atoms with E-state index in [4.69, 9.17) is 0 Å². The molecule has 0 nitrogen and oxygen atoms in total. The third-order valence-electron chi connectivity index (χ3n) is 2.09. The van der Waals surface area contributed by atoms with Crippen LogP contribution in [0.4, 0.5) is 0 Å². The summed E-state index contributed by atoms with van der Waals surface area (Å²) in [5.41, 5.74) is 0. The molecular formula is C11H26Ge. The SMILES string of the molecule is C=C.CC[CH2][GeH]([CH2]CC)[CH2]CC. The van der Waals surface area contributed by atoms with Crippen molar-refractivity contribution in [2.45, 2.75) is 55.8 Å². The Bertz CT molecular complexity index is 57.1. The molecule has 0 aromatic heterocycles. The molecule has 74 valence electrons. The predicted octanol–water partition coefficient (Wildman–Crippen LogP) is 4.25. The van der Waals surface area contributed by atoms with Gasteiger partial charge in [0.1, 0.15) is 0 Å². The van der Waals surface area contributed by atoms with Crippen LogP contribution in [0.2, 0.25) is 15.8 Å². The molecule has 0 amide bonds. The van der Waals surface area contributed by atoms with Crippen molar-refractivity contribution in [2.75, 3.05) is 0 Å². The number of hydrogen-bond donors (Lipinski definition) is 0. The third kappa shape index (κ3) is 10.3. The average Bonchev–Trinajstić information content (AvgIpc) is 2.10. The van der Waals surface area contributed by atoms with E-state index in [0.717, 1.165) is 0 Å². The normalized spacial score (nSPS) is 9.33. The first kappa shape index (κ1) is 14.8. The minimum absolute atomic E-state index is 0.675. The van der Waals surface area contributed by atoms with E-state index >= 15 is 0 Å². The molecule has 1 heteroatoms. The van der Waals surface area contributed by atoms with Crippen molar-refractivity contribution in [2.24, 2.45) is 0 Å². The van der Waals surface area contributed by atoms with Crippen LogP contribution in [0.1, 0.15) is 40.0 Å². The molecule has 0 N–H and O–H groups in total. The van der Waals surface area contributed by atoms with Crippen molar-refractivity contribution in [3.8, 4) is 0 Å². The van der Waals surface area contributed by atoms with E-state index in [9.17, 15) is 0 Å². The van der Waals surface area contributed by atoms with Gasteiger partial charge in [-0.05, 0) is 0 Å². The molecule has 0 radical (unpaired) electrons. The van der Waals surface area contributed by atoms with E-state index in [1.54, 1.807) is 15.8 Å². The Balaban J connectivity index is 0. The molecule has 12 heavy (non-hydrogen) atoms. The van der Waals surface area contributed by atoms with Gasteiger partial charge < -0.3 is 0 Å². The summed E-state index contributed by atoms with van der Waals surface area (Å²) < 4.78 is 0. The molecular weight excluding hydrogens is 205 g/mol. The second-order valence-electron chi connectivity index (χ2n) is 3.23. The standard InChI is InChI=1S/C9H22Ge.C2H4/c1-4-7-10(8-5-2)9-6-3;1-2/h10H,4-9H2,1-3H3;1-2H2. The molecule has 0 atom stereocenters. The van der Waals surface area contributed by atoms with E-state index in [1.807, 2.05) is 0 Å². The van der Waals surface area contributed by atoms with Crippen LogP contribution in [-0.2, 0) is 0 Å². The van der Waals surface area contributed by atoms with Crippen LogP contribution in [0.15, 0.2) is 13.2 Å². The summed E-state index contributed by atoms with van der Waals surface area (Å²) in [5, 5.41) is 4.90. The summed E-state index contributed by atoms with van der Waals surface area (Å²) in [5.74, 6) is 0. The number of rotatable bonds is 6. The van der Waals surface area contributed by atoms with Crippen LogP contribution in [0.25, 0.3) is 0 Å². The van der Waals surface area contributed by atoms with Crippen LogP contribution in [0.5, 0.6) is 0 Å². The van der Waals surface area contributed by atoms with E-state index in [-0.39, 0.29) is 0 Å². The molecule has 0 rings (SSSR count). The predicted molar refractivity (Wildman–Crippen MR) is 63.7 cm³/mol. The third-order valence-corrected chi connectivity index (χ3v) is 10.9. The molecule has 0 saturated heterocycles. The Labute approximate surface area is 83.6 Å². The Morgan fingerprint density at radius 1 is 0.750 bits per heavy atom. The van der Waals surface area contributed by atoms with Gasteiger partial charge in [0.05, 0.1) is 0 Å². The topological polar surface area (TPSA) is 0 Å². The van der Waals surface area contributed by atoms with E-state index in [2.05, 4.69) is 33.9 Å². The van der Waals surface area contributed by atoms with Crippen molar-refractivity contribution < 1.29 is 0 Å². The molecule has 0 unspecified atom stereocenters. The summed E-state index contributed by atoms with van der Waals surface area (Å²) >= 11 is -0.675. The first-order chi connectivity index (χ1) is 5.85. The monoisotopic (exact) mass is 232 g/mol. The van der Waals surface area contributed by atoms with Gasteiger partial charge in [0.2, 0.25) is 0 Å². The van der Waals surface area contributed by atoms with Crippen molar-refractivity contribution in [1.29, 1.82) is 0 Å². The first-order valence-corrected chi connectivity index (χ1v) is 10.5. The van der Waals surface area contributed by atoms with Gasteiger partial charge in [-0.2, -0.15) is 0 Å².